The normalized spacial score (nSPS) is 10.6. The summed E-state index contributed by atoms with van der Waals surface area (Å²) in [7, 11) is 0. The van der Waals surface area contributed by atoms with Crippen LogP contribution >= 0.6 is 0 Å². The standard InChI is InChI=1S/C16H15N3/c1-12-6-5-9-14-15(12)18-11-19-16(14)17-10-13-7-3-2-4-8-13/h2-9,11H,10H2,1H3,(H,17,18,19). The maximum Gasteiger partial charge on any atom is 0.137 e. The molecule has 19 heavy (non-hydrogen) atoms. The van der Waals surface area contributed by atoms with E-state index in [0.29, 0.717) is 0 Å². The van der Waals surface area contributed by atoms with Crippen molar-refractivity contribution in [3.05, 3.63) is 66.0 Å². The van der Waals surface area contributed by atoms with Gasteiger partial charge in [-0.15, -0.1) is 0 Å². The number of para-hydroxylation sites is 1. The number of hydrogen-bond donors (Lipinski definition) is 1. The van der Waals surface area contributed by atoms with Crippen LogP contribution in [0.15, 0.2) is 54.9 Å². The van der Waals surface area contributed by atoms with Crippen molar-refractivity contribution < 1.29 is 0 Å². The highest BCUT2D eigenvalue weighted by atomic mass is 15.0. The summed E-state index contributed by atoms with van der Waals surface area (Å²) in [6, 6.07) is 16.5. The molecule has 0 aliphatic carbocycles. The van der Waals surface area contributed by atoms with Crippen molar-refractivity contribution in [3.8, 4) is 0 Å². The minimum Gasteiger partial charge on any atom is -0.365 e. The summed E-state index contributed by atoms with van der Waals surface area (Å²) in [5.41, 5.74) is 3.41. The monoisotopic (exact) mass is 249 g/mol. The number of nitrogens with one attached hydrogen (secondary N) is 1. The van der Waals surface area contributed by atoms with Crippen molar-refractivity contribution >= 4 is 16.7 Å². The number of fused-ring (bicyclic) bond motifs is 1. The van der Waals surface area contributed by atoms with Gasteiger partial charge in [-0.25, -0.2) is 9.97 Å². The molecule has 0 aliphatic heterocycles. The van der Waals surface area contributed by atoms with Crippen LogP contribution in [-0.2, 0) is 6.54 Å². The average molecular weight is 249 g/mol. The molecule has 2 aromatic carbocycles. The number of nitrogens with zero attached hydrogens (tertiary/aromatic N) is 2. The predicted molar refractivity (Wildman–Crippen MR) is 78.0 cm³/mol. The topological polar surface area (TPSA) is 37.8 Å². The van der Waals surface area contributed by atoms with Gasteiger partial charge in [-0.1, -0.05) is 42.5 Å². The van der Waals surface area contributed by atoms with Gasteiger partial charge in [-0.3, -0.25) is 0 Å². The first-order valence-corrected chi connectivity index (χ1v) is 6.33. The summed E-state index contributed by atoms with van der Waals surface area (Å²) in [6.45, 7) is 2.83. The van der Waals surface area contributed by atoms with Crippen LogP contribution in [0.1, 0.15) is 11.1 Å². The highest BCUT2D eigenvalue weighted by Gasteiger charge is 2.04. The molecule has 3 heteroatoms. The maximum absolute atomic E-state index is 4.35. The second kappa shape index (κ2) is 5.06. The molecule has 1 heterocycles. The molecule has 3 nitrogen and oxygen atoms in total. The number of aryl methyl sites for hydroxylation is 1. The third-order valence-corrected chi connectivity index (χ3v) is 3.17. The molecule has 1 N–H and O–H groups in total. The Balaban J connectivity index is 1.91. The lowest BCUT2D eigenvalue weighted by atomic mass is 10.1. The molecule has 0 atom stereocenters. The van der Waals surface area contributed by atoms with Crippen molar-refractivity contribution in [2.75, 3.05) is 5.32 Å². The molecular weight excluding hydrogens is 234 g/mol. The van der Waals surface area contributed by atoms with E-state index in [1.165, 1.54) is 11.1 Å². The van der Waals surface area contributed by atoms with Crippen LogP contribution in [0.25, 0.3) is 10.9 Å². The molecule has 94 valence electrons. The second-order valence-electron chi connectivity index (χ2n) is 4.53. The molecule has 0 amide bonds. The number of hydrogen-bond acceptors (Lipinski definition) is 3. The van der Waals surface area contributed by atoms with Gasteiger partial charge in [0.05, 0.1) is 5.52 Å². The first-order chi connectivity index (χ1) is 9.34. The summed E-state index contributed by atoms with van der Waals surface area (Å²) >= 11 is 0. The van der Waals surface area contributed by atoms with Crippen LogP contribution in [-0.4, -0.2) is 9.97 Å². The van der Waals surface area contributed by atoms with Crippen LogP contribution < -0.4 is 5.32 Å². The zero-order valence-corrected chi connectivity index (χ0v) is 10.8. The maximum atomic E-state index is 4.35. The molecule has 0 bridgehead atoms. The van der Waals surface area contributed by atoms with E-state index in [1.54, 1.807) is 6.33 Å². The highest BCUT2D eigenvalue weighted by Crippen LogP contribution is 2.21. The zero-order chi connectivity index (χ0) is 13.1. The number of benzene rings is 2. The summed E-state index contributed by atoms with van der Waals surface area (Å²) in [5, 5.41) is 4.45. The fourth-order valence-corrected chi connectivity index (χ4v) is 2.16. The van der Waals surface area contributed by atoms with Gasteiger partial charge < -0.3 is 5.32 Å². The number of rotatable bonds is 3. The lowest BCUT2D eigenvalue weighted by Crippen LogP contribution is -2.02. The lowest BCUT2D eigenvalue weighted by molar-refractivity contribution is 1.10. The van der Waals surface area contributed by atoms with Crippen molar-refractivity contribution in [3.63, 3.8) is 0 Å². The van der Waals surface area contributed by atoms with Gasteiger partial charge in [0.1, 0.15) is 12.1 Å². The molecular formula is C16H15N3. The van der Waals surface area contributed by atoms with Gasteiger partial charge in [0.25, 0.3) is 0 Å². The van der Waals surface area contributed by atoms with Gasteiger partial charge in [-0.2, -0.15) is 0 Å². The second-order valence-corrected chi connectivity index (χ2v) is 4.53. The largest absolute Gasteiger partial charge is 0.365 e. The van der Waals surface area contributed by atoms with Gasteiger partial charge in [0, 0.05) is 11.9 Å². The average Bonchev–Trinajstić information content (AvgIpc) is 2.47. The summed E-state index contributed by atoms with van der Waals surface area (Å²) in [5.74, 6) is 0.887. The van der Waals surface area contributed by atoms with Gasteiger partial charge >= 0.3 is 0 Å². The minimum atomic E-state index is 0.765. The Labute approximate surface area is 112 Å². The summed E-state index contributed by atoms with van der Waals surface area (Å²) in [6.07, 6.45) is 1.61. The molecule has 0 unspecified atom stereocenters. The van der Waals surface area contributed by atoms with E-state index in [9.17, 15) is 0 Å². The third kappa shape index (κ3) is 2.40. The van der Waals surface area contributed by atoms with E-state index in [4.69, 9.17) is 0 Å². The predicted octanol–water partition coefficient (Wildman–Crippen LogP) is 3.55. The summed E-state index contributed by atoms with van der Waals surface area (Å²) in [4.78, 5) is 8.69. The van der Waals surface area contributed by atoms with E-state index in [-0.39, 0.29) is 0 Å². The van der Waals surface area contributed by atoms with Crippen LogP contribution in [0.4, 0.5) is 5.82 Å². The Morgan fingerprint density at radius 2 is 1.79 bits per heavy atom. The van der Waals surface area contributed by atoms with Crippen LogP contribution in [0.2, 0.25) is 0 Å². The van der Waals surface area contributed by atoms with Gasteiger partial charge in [-0.05, 0) is 24.1 Å². The Morgan fingerprint density at radius 1 is 0.947 bits per heavy atom. The van der Waals surface area contributed by atoms with Crippen LogP contribution in [0, 0.1) is 6.92 Å². The van der Waals surface area contributed by atoms with Crippen LogP contribution in [0.3, 0.4) is 0 Å². The fraction of sp³-hybridized carbons (Fsp3) is 0.125. The number of aromatic nitrogens is 2. The van der Waals surface area contributed by atoms with E-state index in [0.717, 1.165) is 23.3 Å². The molecule has 0 aliphatic rings. The van der Waals surface area contributed by atoms with E-state index >= 15 is 0 Å². The SMILES string of the molecule is Cc1cccc2c(NCc3ccccc3)ncnc12. The van der Waals surface area contributed by atoms with E-state index in [2.05, 4.69) is 46.5 Å². The first-order valence-electron chi connectivity index (χ1n) is 6.33. The third-order valence-electron chi connectivity index (χ3n) is 3.17. The Morgan fingerprint density at radius 3 is 2.63 bits per heavy atom. The molecule has 3 rings (SSSR count). The first kappa shape index (κ1) is 11.7. The Hall–Kier alpha value is -2.42. The van der Waals surface area contributed by atoms with Gasteiger partial charge in [0.15, 0.2) is 0 Å². The van der Waals surface area contributed by atoms with E-state index < -0.39 is 0 Å². The molecule has 0 saturated heterocycles. The van der Waals surface area contributed by atoms with Crippen molar-refractivity contribution in [1.29, 1.82) is 0 Å². The number of anilines is 1. The molecule has 0 fully saturated rings. The molecule has 0 spiro atoms. The lowest BCUT2D eigenvalue weighted by Gasteiger charge is -2.09. The van der Waals surface area contributed by atoms with Gasteiger partial charge in [0.2, 0.25) is 0 Å². The minimum absolute atomic E-state index is 0.765. The van der Waals surface area contributed by atoms with E-state index in [1.807, 2.05) is 24.3 Å². The molecule has 0 radical (unpaired) electrons. The summed E-state index contributed by atoms with van der Waals surface area (Å²) < 4.78 is 0. The quantitative estimate of drug-likeness (QED) is 0.771. The molecule has 3 aromatic rings. The van der Waals surface area contributed by atoms with Crippen molar-refractivity contribution in [2.45, 2.75) is 13.5 Å². The smallest absolute Gasteiger partial charge is 0.137 e. The molecule has 0 saturated carbocycles. The Kier molecular flexibility index (Phi) is 3.11. The van der Waals surface area contributed by atoms with Crippen molar-refractivity contribution in [1.82, 2.24) is 9.97 Å². The van der Waals surface area contributed by atoms with Crippen LogP contribution in [0.5, 0.6) is 0 Å². The fourth-order valence-electron chi connectivity index (χ4n) is 2.16. The van der Waals surface area contributed by atoms with Crippen molar-refractivity contribution in [2.24, 2.45) is 0 Å². The highest BCUT2D eigenvalue weighted by molar-refractivity contribution is 5.90. The molecule has 1 aromatic heterocycles. The Bertz CT molecular complexity index is 693. The zero-order valence-electron chi connectivity index (χ0n) is 10.8.